The van der Waals surface area contributed by atoms with Crippen LogP contribution in [0.4, 0.5) is 0 Å². The van der Waals surface area contributed by atoms with E-state index in [0.717, 1.165) is 18.8 Å². The van der Waals surface area contributed by atoms with E-state index in [1.807, 2.05) is 18.2 Å². The number of para-hydroxylation sites is 1. The molecule has 0 saturated heterocycles. The van der Waals surface area contributed by atoms with E-state index in [9.17, 15) is 0 Å². The smallest absolute Gasteiger partial charge is 0.122 e. The van der Waals surface area contributed by atoms with Gasteiger partial charge in [0.1, 0.15) is 5.75 Å². The minimum Gasteiger partial charge on any atom is -0.493 e. The zero-order chi connectivity index (χ0) is 9.97. The number of nitrogens with one attached hydrogen (secondary N) is 1. The zero-order valence-electron chi connectivity index (χ0n) is 8.36. The van der Waals surface area contributed by atoms with Crippen molar-refractivity contribution in [3.8, 4) is 5.75 Å². The first kappa shape index (κ1) is 9.49. The first-order chi connectivity index (χ1) is 6.86. The predicted octanol–water partition coefficient (Wildman–Crippen LogP) is 1.40. The SMILES string of the molecule is CCC(NN)C1COc2ccccc21. The van der Waals surface area contributed by atoms with Crippen LogP contribution in [0.5, 0.6) is 5.75 Å². The average Bonchev–Trinajstić information content (AvgIpc) is 2.65. The van der Waals surface area contributed by atoms with E-state index >= 15 is 0 Å². The van der Waals surface area contributed by atoms with Crippen LogP contribution in [0.2, 0.25) is 0 Å². The Morgan fingerprint density at radius 2 is 2.36 bits per heavy atom. The second-order valence-corrected chi connectivity index (χ2v) is 3.64. The Bertz CT molecular complexity index is 310. The topological polar surface area (TPSA) is 47.3 Å². The van der Waals surface area contributed by atoms with Crippen LogP contribution in [0.1, 0.15) is 24.8 Å². The molecule has 2 atom stereocenters. The lowest BCUT2D eigenvalue weighted by Crippen LogP contribution is -2.39. The van der Waals surface area contributed by atoms with Crippen molar-refractivity contribution >= 4 is 0 Å². The number of hydrogen-bond donors (Lipinski definition) is 2. The summed E-state index contributed by atoms with van der Waals surface area (Å²) in [5.74, 6) is 6.91. The van der Waals surface area contributed by atoms with Gasteiger partial charge in [0.25, 0.3) is 0 Å². The summed E-state index contributed by atoms with van der Waals surface area (Å²) >= 11 is 0. The van der Waals surface area contributed by atoms with Crippen LogP contribution in [-0.4, -0.2) is 12.6 Å². The minimum atomic E-state index is 0.304. The summed E-state index contributed by atoms with van der Waals surface area (Å²) in [5, 5.41) is 0. The second kappa shape index (κ2) is 3.98. The quantitative estimate of drug-likeness (QED) is 0.562. The van der Waals surface area contributed by atoms with E-state index in [2.05, 4.69) is 18.4 Å². The minimum absolute atomic E-state index is 0.304. The van der Waals surface area contributed by atoms with Crippen molar-refractivity contribution in [2.75, 3.05) is 6.61 Å². The van der Waals surface area contributed by atoms with Gasteiger partial charge in [-0.2, -0.15) is 0 Å². The third-order valence-electron chi connectivity index (χ3n) is 2.88. The van der Waals surface area contributed by atoms with Gasteiger partial charge in [0, 0.05) is 17.5 Å². The fourth-order valence-electron chi connectivity index (χ4n) is 2.04. The van der Waals surface area contributed by atoms with Crippen LogP contribution in [-0.2, 0) is 0 Å². The molecule has 1 aromatic carbocycles. The Balaban J connectivity index is 2.25. The van der Waals surface area contributed by atoms with Crippen molar-refractivity contribution in [3.05, 3.63) is 29.8 Å². The number of fused-ring (bicyclic) bond motifs is 1. The molecule has 1 aromatic rings. The van der Waals surface area contributed by atoms with E-state index in [1.54, 1.807) is 0 Å². The fourth-order valence-corrected chi connectivity index (χ4v) is 2.04. The van der Waals surface area contributed by atoms with Crippen molar-refractivity contribution < 1.29 is 4.74 Å². The van der Waals surface area contributed by atoms with Crippen molar-refractivity contribution in [1.29, 1.82) is 0 Å². The first-order valence-corrected chi connectivity index (χ1v) is 5.04. The zero-order valence-corrected chi connectivity index (χ0v) is 8.36. The van der Waals surface area contributed by atoms with Gasteiger partial charge in [0.05, 0.1) is 6.61 Å². The molecule has 0 aromatic heterocycles. The maximum atomic E-state index is 5.60. The number of benzene rings is 1. The Labute approximate surface area is 84.2 Å². The molecule has 2 unspecified atom stereocenters. The molecule has 1 heterocycles. The van der Waals surface area contributed by atoms with Crippen molar-refractivity contribution in [3.63, 3.8) is 0 Å². The summed E-state index contributed by atoms with van der Waals surface area (Å²) in [7, 11) is 0. The molecule has 14 heavy (non-hydrogen) atoms. The molecule has 0 fully saturated rings. The lowest BCUT2D eigenvalue weighted by atomic mass is 9.92. The highest BCUT2D eigenvalue weighted by atomic mass is 16.5. The van der Waals surface area contributed by atoms with Gasteiger partial charge in [-0.25, -0.2) is 0 Å². The van der Waals surface area contributed by atoms with Crippen LogP contribution >= 0.6 is 0 Å². The van der Waals surface area contributed by atoms with Crippen LogP contribution in [0.3, 0.4) is 0 Å². The van der Waals surface area contributed by atoms with Gasteiger partial charge in [0.2, 0.25) is 0 Å². The van der Waals surface area contributed by atoms with E-state index in [0.29, 0.717) is 12.0 Å². The maximum absolute atomic E-state index is 5.60. The summed E-state index contributed by atoms with van der Waals surface area (Å²) in [6, 6.07) is 8.48. The predicted molar refractivity (Wildman–Crippen MR) is 56.1 cm³/mol. The van der Waals surface area contributed by atoms with Crippen LogP contribution in [0.15, 0.2) is 24.3 Å². The molecule has 0 aliphatic carbocycles. The number of nitrogens with two attached hydrogens (primary N) is 1. The third kappa shape index (κ3) is 1.49. The summed E-state index contributed by atoms with van der Waals surface area (Å²) < 4.78 is 5.60. The Morgan fingerprint density at radius 1 is 1.57 bits per heavy atom. The number of hydrazine groups is 1. The van der Waals surface area contributed by atoms with E-state index < -0.39 is 0 Å². The Morgan fingerprint density at radius 3 is 3.07 bits per heavy atom. The van der Waals surface area contributed by atoms with Gasteiger partial charge in [-0.05, 0) is 12.5 Å². The summed E-state index contributed by atoms with van der Waals surface area (Å²) in [5.41, 5.74) is 4.13. The molecule has 1 aliphatic heterocycles. The van der Waals surface area contributed by atoms with Gasteiger partial charge >= 0.3 is 0 Å². The summed E-state index contributed by atoms with van der Waals surface area (Å²) in [6.07, 6.45) is 1.01. The van der Waals surface area contributed by atoms with Crippen LogP contribution in [0.25, 0.3) is 0 Å². The van der Waals surface area contributed by atoms with Crippen molar-refractivity contribution in [1.82, 2.24) is 5.43 Å². The number of ether oxygens (including phenoxy) is 1. The molecule has 0 saturated carbocycles. The average molecular weight is 192 g/mol. The molecule has 3 nitrogen and oxygen atoms in total. The molecule has 3 heteroatoms. The first-order valence-electron chi connectivity index (χ1n) is 5.04. The Hall–Kier alpha value is -1.06. The molecule has 0 amide bonds. The van der Waals surface area contributed by atoms with Gasteiger partial charge in [-0.3, -0.25) is 11.3 Å². The summed E-state index contributed by atoms with van der Waals surface area (Å²) in [4.78, 5) is 0. The number of rotatable bonds is 3. The summed E-state index contributed by atoms with van der Waals surface area (Å²) in [6.45, 7) is 2.87. The molecular formula is C11H16N2O. The van der Waals surface area contributed by atoms with Crippen LogP contribution < -0.4 is 16.0 Å². The fraction of sp³-hybridized carbons (Fsp3) is 0.455. The van der Waals surface area contributed by atoms with Gasteiger partial charge in [-0.15, -0.1) is 0 Å². The third-order valence-corrected chi connectivity index (χ3v) is 2.88. The molecule has 0 radical (unpaired) electrons. The molecular weight excluding hydrogens is 176 g/mol. The normalized spacial score (nSPS) is 21.4. The van der Waals surface area contributed by atoms with Crippen LogP contribution in [0, 0.1) is 0 Å². The lowest BCUT2D eigenvalue weighted by molar-refractivity contribution is 0.295. The molecule has 1 aliphatic rings. The highest BCUT2D eigenvalue weighted by molar-refractivity contribution is 5.40. The molecule has 2 rings (SSSR count). The van der Waals surface area contributed by atoms with E-state index in [4.69, 9.17) is 10.6 Å². The molecule has 0 bridgehead atoms. The van der Waals surface area contributed by atoms with Gasteiger partial charge < -0.3 is 4.74 Å². The maximum Gasteiger partial charge on any atom is 0.122 e. The lowest BCUT2D eigenvalue weighted by Gasteiger charge is -2.19. The standard InChI is InChI=1S/C11H16N2O/c1-2-10(13-12)9-7-14-11-6-4-3-5-8(9)11/h3-6,9-10,13H,2,7,12H2,1H3. The number of hydrogen-bond acceptors (Lipinski definition) is 3. The van der Waals surface area contributed by atoms with E-state index in [-0.39, 0.29) is 0 Å². The van der Waals surface area contributed by atoms with Crippen molar-refractivity contribution in [2.24, 2.45) is 5.84 Å². The van der Waals surface area contributed by atoms with E-state index in [1.165, 1.54) is 5.56 Å². The van der Waals surface area contributed by atoms with Crippen molar-refractivity contribution in [2.45, 2.75) is 25.3 Å². The largest absolute Gasteiger partial charge is 0.493 e. The molecule has 0 spiro atoms. The van der Waals surface area contributed by atoms with Gasteiger partial charge in [0.15, 0.2) is 0 Å². The second-order valence-electron chi connectivity index (χ2n) is 3.64. The Kier molecular flexibility index (Phi) is 2.70. The van der Waals surface area contributed by atoms with Gasteiger partial charge in [-0.1, -0.05) is 25.1 Å². The molecule has 3 N–H and O–H groups in total. The highest BCUT2D eigenvalue weighted by Gasteiger charge is 2.29. The monoisotopic (exact) mass is 192 g/mol. The molecule has 76 valence electrons. The highest BCUT2D eigenvalue weighted by Crippen LogP contribution is 2.35.